The van der Waals surface area contributed by atoms with Crippen LogP contribution in [-0.4, -0.2) is 50.4 Å². The molecular weight excluding hydrogens is 406 g/mol. The molecule has 2 aromatic heterocycles. The normalized spacial score (nSPS) is 15.6. The number of benzene rings is 1. The topological polar surface area (TPSA) is 82.4 Å². The summed E-state index contributed by atoms with van der Waals surface area (Å²) in [6.07, 6.45) is 2.78. The van der Waals surface area contributed by atoms with Gasteiger partial charge in [-0.3, -0.25) is 9.78 Å². The summed E-state index contributed by atoms with van der Waals surface area (Å²) in [5.74, 6) is 2.58. The predicted octanol–water partition coefficient (Wildman–Crippen LogP) is 2.93. The van der Waals surface area contributed by atoms with Crippen LogP contribution in [0.15, 0.2) is 48.7 Å². The van der Waals surface area contributed by atoms with Crippen molar-refractivity contribution in [3.63, 3.8) is 0 Å². The van der Waals surface area contributed by atoms with E-state index in [1.54, 1.807) is 15.8 Å². The smallest absolute Gasteiger partial charge is 0.245 e. The SMILES string of the molecule is Cc1nc(C)n(CC(=O)N(Cc2cccc(OCC3CCOC3)c2)Cc2ccccn2)n1. The summed E-state index contributed by atoms with van der Waals surface area (Å²) >= 11 is 0. The van der Waals surface area contributed by atoms with Crippen LogP contribution in [0.2, 0.25) is 0 Å². The highest BCUT2D eigenvalue weighted by atomic mass is 16.5. The van der Waals surface area contributed by atoms with Crippen LogP contribution < -0.4 is 4.74 Å². The number of hydrogen-bond donors (Lipinski definition) is 0. The first-order chi connectivity index (χ1) is 15.6. The third-order valence-electron chi connectivity index (χ3n) is 5.46. The van der Waals surface area contributed by atoms with Crippen LogP contribution >= 0.6 is 0 Å². The summed E-state index contributed by atoms with van der Waals surface area (Å²) in [5, 5.41) is 4.34. The Morgan fingerprint density at radius 3 is 2.84 bits per heavy atom. The average molecular weight is 436 g/mol. The number of aryl methyl sites for hydroxylation is 2. The van der Waals surface area contributed by atoms with E-state index < -0.39 is 0 Å². The van der Waals surface area contributed by atoms with E-state index in [1.165, 1.54) is 0 Å². The monoisotopic (exact) mass is 435 g/mol. The van der Waals surface area contributed by atoms with Gasteiger partial charge in [0.25, 0.3) is 0 Å². The third kappa shape index (κ3) is 5.91. The van der Waals surface area contributed by atoms with Gasteiger partial charge in [0.1, 0.15) is 23.9 Å². The zero-order chi connectivity index (χ0) is 22.3. The van der Waals surface area contributed by atoms with Crippen LogP contribution in [0.3, 0.4) is 0 Å². The van der Waals surface area contributed by atoms with Gasteiger partial charge in [0.05, 0.1) is 25.5 Å². The zero-order valence-corrected chi connectivity index (χ0v) is 18.6. The Kier molecular flexibility index (Phi) is 7.11. The van der Waals surface area contributed by atoms with Crippen LogP contribution in [-0.2, 0) is 29.2 Å². The summed E-state index contributed by atoms with van der Waals surface area (Å²) < 4.78 is 13.1. The molecule has 1 aromatic carbocycles. The molecule has 1 aliphatic rings. The molecule has 0 saturated carbocycles. The molecule has 3 heterocycles. The summed E-state index contributed by atoms with van der Waals surface area (Å²) in [6, 6.07) is 13.6. The quantitative estimate of drug-likeness (QED) is 0.514. The van der Waals surface area contributed by atoms with Crippen molar-refractivity contribution >= 4 is 5.91 Å². The molecule has 1 amide bonds. The second-order valence-electron chi connectivity index (χ2n) is 8.12. The minimum atomic E-state index is -0.0434. The second-order valence-corrected chi connectivity index (χ2v) is 8.12. The number of rotatable bonds is 9. The molecule has 3 aromatic rings. The third-order valence-corrected chi connectivity index (χ3v) is 5.46. The van der Waals surface area contributed by atoms with Crippen molar-refractivity contribution in [1.82, 2.24) is 24.6 Å². The van der Waals surface area contributed by atoms with Gasteiger partial charge in [-0.1, -0.05) is 18.2 Å². The first-order valence-electron chi connectivity index (χ1n) is 10.9. The average Bonchev–Trinajstić information content (AvgIpc) is 3.42. The molecule has 1 fully saturated rings. The molecule has 168 valence electrons. The van der Waals surface area contributed by atoms with Crippen molar-refractivity contribution < 1.29 is 14.3 Å². The molecule has 0 bridgehead atoms. The number of nitrogens with zero attached hydrogens (tertiary/aromatic N) is 5. The Bertz CT molecular complexity index is 1030. The lowest BCUT2D eigenvalue weighted by Crippen LogP contribution is -2.33. The van der Waals surface area contributed by atoms with Gasteiger partial charge in [0.2, 0.25) is 5.91 Å². The molecular formula is C24H29N5O3. The highest BCUT2D eigenvalue weighted by Gasteiger charge is 2.19. The Balaban J connectivity index is 1.47. The molecule has 1 aliphatic heterocycles. The number of carbonyl (C=O) groups is 1. The van der Waals surface area contributed by atoms with Gasteiger partial charge in [0.15, 0.2) is 0 Å². The molecule has 8 heteroatoms. The van der Waals surface area contributed by atoms with E-state index in [0.717, 1.165) is 42.5 Å². The van der Waals surface area contributed by atoms with Crippen LogP contribution in [0.4, 0.5) is 0 Å². The van der Waals surface area contributed by atoms with Gasteiger partial charge in [-0.05, 0) is 50.1 Å². The van der Waals surface area contributed by atoms with Crippen LogP contribution in [0.25, 0.3) is 0 Å². The van der Waals surface area contributed by atoms with Gasteiger partial charge in [0, 0.05) is 25.3 Å². The molecule has 0 N–H and O–H groups in total. The number of carbonyl (C=O) groups excluding carboxylic acids is 1. The number of hydrogen-bond acceptors (Lipinski definition) is 6. The number of ether oxygens (including phenoxy) is 2. The molecule has 1 saturated heterocycles. The first-order valence-corrected chi connectivity index (χ1v) is 10.9. The fourth-order valence-electron chi connectivity index (χ4n) is 3.74. The minimum Gasteiger partial charge on any atom is -0.493 e. The van der Waals surface area contributed by atoms with Gasteiger partial charge in [-0.25, -0.2) is 9.67 Å². The highest BCUT2D eigenvalue weighted by Crippen LogP contribution is 2.19. The second kappa shape index (κ2) is 10.4. The largest absolute Gasteiger partial charge is 0.493 e. The minimum absolute atomic E-state index is 0.0434. The van der Waals surface area contributed by atoms with Crippen molar-refractivity contribution in [3.8, 4) is 5.75 Å². The maximum Gasteiger partial charge on any atom is 0.245 e. The fraction of sp³-hybridized carbons (Fsp3) is 0.417. The molecule has 0 spiro atoms. The molecule has 0 aliphatic carbocycles. The van der Waals surface area contributed by atoms with Crippen molar-refractivity contribution in [2.75, 3.05) is 19.8 Å². The lowest BCUT2D eigenvalue weighted by atomic mass is 10.1. The lowest BCUT2D eigenvalue weighted by molar-refractivity contribution is -0.133. The van der Waals surface area contributed by atoms with E-state index in [2.05, 4.69) is 15.1 Å². The molecule has 1 unspecified atom stereocenters. The Morgan fingerprint density at radius 1 is 1.22 bits per heavy atom. The molecule has 0 radical (unpaired) electrons. The summed E-state index contributed by atoms with van der Waals surface area (Å²) in [5.41, 5.74) is 1.84. The van der Waals surface area contributed by atoms with Crippen molar-refractivity contribution in [3.05, 3.63) is 71.6 Å². The standard InChI is InChI=1S/C24H29N5O3/c1-18-26-19(2)29(27-18)15-24(30)28(14-22-7-3-4-10-25-22)13-20-6-5-8-23(12-20)32-17-21-9-11-31-16-21/h3-8,10,12,21H,9,11,13-17H2,1-2H3. The summed E-state index contributed by atoms with van der Waals surface area (Å²) in [7, 11) is 0. The van der Waals surface area contributed by atoms with Crippen LogP contribution in [0.1, 0.15) is 29.3 Å². The van der Waals surface area contributed by atoms with Crippen LogP contribution in [0, 0.1) is 19.8 Å². The number of pyridine rings is 1. The van der Waals surface area contributed by atoms with Gasteiger partial charge < -0.3 is 14.4 Å². The fourth-order valence-corrected chi connectivity index (χ4v) is 3.74. The number of aromatic nitrogens is 4. The summed E-state index contributed by atoms with van der Waals surface area (Å²) in [6.45, 7) is 6.89. The van der Waals surface area contributed by atoms with E-state index in [1.807, 2.05) is 56.3 Å². The zero-order valence-electron chi connectivity index (χ0n) is 18.6. The van der Waals surface area contributed by atoms with Gasteiger partial charge in [-0.2, -0.15) is 5.10 Å². The van der Waals surface area contributed by atoms with Crippen molar-refractivity contribution in [1.29, 1.82) is 0 Å². The maximum atomic E-state index is 13.2. The molecule has 32 heavy (non-hydrogen) atoms. The summed E-state index contributed by atoms with van der Waals surface area (Å²) in [4.78, 5) is 23.7. The molecule has 8 nitrogen and oxygen atoms in total. The first kappa shape index (κ1) is 22.0. The Labute approximate surface area is 188 Å². The maximum absolute atomic E-state index is 13.2. The highest BCUT2D eigenvalue weighted by molar-refractivity contribution is 5.76. The van der Waals surface area contributed by atoms with Crippen LogP contribution in [0.5, 0.6) is 5.75 Å². The lowest BCUT2D eigenvalue weighted by Gasteiger charge is -2.23. The van der Waals surface area contributed by atoms with E-state index in [9.17, 15) is 4.79 Å². The predicted molar refractivity (Wildman–Crippen MR) is 119 cm³/mol. The molecule has 4 rings (SSSR count). The van der Waals surface area contributed by atoms with E-state index in [-0.39, 0.29) is 12.5 Å². The number of amides is 1. The van der Waals surface area contributed by atoms with E-state index >= 15 is 0 Å². The van der Waals surface area contributed by atoms with Crippen molar-refractivity contribution in [2.45, 2.75) is 39.9 Å². The van der Waals surface area contributed by atoms with E-state index in [4.69, 9.17) is 9.47 Å². The Hall–Kier alpha value is -3.26. The van der Waals surface area contributed by atoms with E-state index in [0.29, 0.717) is 31.4 Å². The van der Waals surface area contributed by atoms with Gasteiger partial charge in [-0.15, -0.1) is 0 Å². The van der Waals surface area contributed by atoms with Gasteiger partial charge >= 0.3 is 0 Å². The molecule has 1 atom stereocenters. The Morgan fingerprint density at radius 2 is 2.12 bits per heavy atom. The van der Waals surface area contributed by atoms with Crippen molar-refractivity contribution in [2.24, 2.45) is 5.92 Å².